The van der Waals surface area contributed by atoms with Crippen molar-refractivity contribution in [2.45, 2.75) is 20.4 Å². The first-order chi connectivity index (χ1) is 11.6. The third-order valence-electron chi connectivity index (χ3n) is 3.48. The first kappa shape index (κ1) is 15.8. The van der Waals surface area contributed by atoms with Gasteiger partial charge in [-0.3, -0.25) is 0 Å². The fourth-order valence-electron chi connectivity index (χ4n) is 2.49. The summed E-state index contributed by atoms with van der Waals surface area (Å²) in [6.07, 6.45) is 1.61. The minimum Gasteiger partial charge on any atom is -0.444 e. The van der Waals surface area contributed by atoms with Crippen molar-refractivity contribution >= 4 is 11.6 Å². The van der Waals surface area contributed by atoms with Gasteiger partial charge in [0.15, 0.2) is 5.96 Å². The van der Waals surface area contributed by atoms with E-state index in [0.29, 0.717) is 18.4 Å². The zero-order valence-electron chi connectivity index (χ0n) is 13.8. The molecule has 122 valence electrons. The lowest BCUT2D eigenvalue weighted by molar-refractivity contribution is 0.572. The smallest absolute Gasteiger partial charge is 0.226 e. The van der Waals surface area contributed by atoms with E-state index in [4.69, 9.17) is 10.2 Å². The Labute approximate surface area is 141 Å². The Bertz CT molecular complexity index is 833. The van der Waals surface area contributed by atoms with Crippen molar-refractivity contribution in [1.82, 2.24) is 4.98 Å². The van der Waals surface area contributed by atoms with Crippen LogP contribution in [0.5, 0.6) is 0 Å². The monoisotopic (exact) mass is 320 g/mol. The standard InChI is InChI=1S/C19H20N4O/c1-13-8-14(2)10-16(9-13)23-19(20)21-11-17-12-24-18(22-17)15-6-4-3-5-7-15/h3-10,12H,11H2,1-2H3,(H3,20,21,23). The average Bonchev–Trinajstić information content (AvgIpc) is 3.02. The maximum absolute atomic E-state index is 5.95. The van der Waals surface area contributed by atoms with E-state index in [1.54, 1.807) is 6.26 Å². The maximum Gasteiger partial charge on any atom is 0.226 e. The molecule has 1 heterocycles. The Morgan fingerprint density at radius 1 is 1.12 bits per heavy atom. The lowest BCUT2D eigenvalue weighted by atomic mass is 10.1. The predicted molar refractivity (Wildman–Crippen MR) is 96.8 cm³/mol. The van der Waals surface area contributed by atoms with Gasteiger partial charge in [0.1, 0.15) is 12.0 Å². The quantitative estimate of drug-likeness (QED) is 0.565. The van der Waals surface area contributed by atoms with E-state index < -0.39 is 0 Å². The van der Waals surface area contributed by atoms with E-state index in [1.807, 2.05) is 56.3 Å². The zero-order chi connectivity index (χ0) is 16.9. The molecule has 24 heavy (non-hydrogen) atoms. The topological polar surface area (TPSA) is 76.4 Å². The molecule has 1 aromatic heterocycles. The summed E-state index contributed by atoms with van der Waals surface area (Å²) in [7, 11) is 0. The molecule has 3 aromatic rings. The number of aromatic nitrogens is 1. The number of oxazole rings is 1. The lowest BCUT2D eigenvalue weighted by Gasteiger charge is -2.07. The number of anilines is 1. The van der Waals surface area contributed by atoms with Gasteiger partial charge >= 0.3 is 0 Å². The molecule has 0 unspecified atom stereocenters. The molecule has 0 saturated heterocycles. The van der Waals surface area contributed by atoms with Crippen LogP contribution in [0.1, 0.15) is 16.8 Å². The van der Waals surface area contributed by atoms with Crippen LogP contribution < -0.4 is 11.1 Å². The molecule has 0 amide bonds. The molecule has 0 aliphatic carbocycles. The van der Waals surface area contributed by atoms with Crippen LogP contribution in [-0.4, -0.2) is 10.9 Å². The van der Waals surface area contributed by atoms with E-state index in [2.05, 4.69) is 21.4 Å². The van der Waals surface area contributed by atoms with E-state index in [1.165, 1.54) is 11.1 Å². The number of aliphatic imine (C=N–C) groups is 1. The summed E-state index contributed by atoms with van der Waals surface area (Å²) in [5, 5.41) is 3.10. The number of nitrogens with two attached hydrogens (primary N) is 1. The van der Waals surface area contributed by atoms with Crippen molar-refractivity contribution < 1.29 is 4.42 Å². The highest BCUT2D eigenvalue weighted by Gasteiger charge is 2.06. The number of nitrogens with one attached hydrogen (secondary N) is 1. The van der Waals surface area contributed by atoms with Gasteiger partial charge in [-0.05, 0) is 49.2 Å². The minimum atomic E-state index is 0.351. The summed E-state index contributed by atoms with van der Waals surface area (Å²) in [5.74, 6) is 0.936. The average molecular weight is 320 g/mol. The molecule has 0 aliphatic heterocycles. The largest absolute Gasteiger partial charge is 0.444 e. The number of hydrogen-bond acceptors (Lipinski definition) is 3. The molecule has 0 radical (unpaired) electrons. The van der Waals surface area contributed by atoms with Crippen LogP contribution in [0, 0.1) is 13.8 Å². The SMILES string of the molecule is Cc1cc(C)cc(NC(N)=NCc2coc(-c3ccccc3)n2)c1. The van der Waals surface area contributed by atoms with Crippen LogP contribution in [0.25, 0.3) is 11.5 Å². The molecule has 0 bridgehead atoms. The molecule has 0 aliphatic rings. The van der Waals surface area contributed by atoms with Crippen LogP contribution >= 0.6 is 0 Å². The highest BCUT2D eigenvalue weighted by molar-refractivity contribution is 5.92. The van der Waals surface area contributed by atoms with Crippen molar-refractivity contribution in [3.05, 3.63) is 71.6 Å². The second-order valence-corrected chi connectivity index (χ2v) is 5.71. The van der Waals surface area contributed by atoms with Gasteiger partial charge in [0, 0.05) is 11.3 Å². The normalized spacial score (nSPS) is 11.5. The first-order valence-corrected chi connectivity index (χ1v) is 7.75. The molecule has 5 nitrogen and oxygen atoms in total. The van der Waals surface area contributed by atoms with Crippen LogP contribution in [0.15, 0.2) is 64.2 Å². The van der Waals surface area contributed by atoms with Crippen LogP contribution in [0.4, 0.5) is 5.69 Å². The second kappa shape index (κ2) is 7.00. The van der Waals surface area contributed by atoms with E-state index in [-0.39, 0.29) is 0 Å². The molecule has 0 atom stereocenters. The summed E-state index contributed by atoms with van der Waals surface area (Å²) in [6, 6.07) is 15.9. The van der Waals surface area contributed by atoms with Crippen molar-refractivity contribution in [3.8, 4) is 11.5 Å². The first-order valence-electron chi connectivity index (χ1n) is 7.75. The third-order valence-corrected chi connectivity index (χ3v) is 3.48. The number of rotatable bonds is 4. The van der Waals surface area contributed by atoms with Crippen molar-refractivity contribution in [3.63, 3.8) is 0 Å². The number of aryl methyl sites for hydroxylation is 2. The van der Waals surface area contributed by atoms with Gasteiger partial charge in [-0.2, -0.15) is 0 Å². The van der Waals surface area contributed by atoms with E-state index >= 15 is 0 Å². The van der Waals surface area contributed by atoms with Gasteiger partial charge in [-0.1, -0.05) is 24.3 Å². The maximum atomic E-state index is 5.95. The summed E-state index contributed by atoms with van der Waals surface area (Å²) >= 11 is 0. The predicted octanol–water partition coefficient (Wildman–Crippen LogP) is 3.89. The summed E-state index contributed by atoms with van der Waals surface area (Å²) in [6.45, 7) is 4.46. The van der Waals surface area contributed by atoms with Crippen molar-refractivity contribution in [2.75, 3.05) is 5.32 Å². The van der Waals surface area contributed by atoms with Gasteiger partial charge in [0.25, 0.3) is 0 Å². The minimum absolute atomic E-state index is 0.351. The Balaban J connectivity index is 1.66. The third kappa shape index (κ3) is 4.01. The molecular formula is C19H20N4O. The van der Waals surface area contributed by atoms with Crippen LogP contribution in [0.2, 0.25) is 0 Å². The van der Waals surface area contributed by atoms with E-state index in [9.17, 15) is 0 Å². The summed E-state index contributed by atoms with van der Waals surface area (Å²) in [5.41, 5.74) is 10.9. The fourth-order valence-corrected chi connectivity index (χ4v) is 2.49. The number of benzene rings is 2. The number of nitrogens with zero attached hydrogens (tertiary/aromatic N) is 2. The Kier molecular flexibility index (Phi) is 4.61. The lowest BCUT2D eigenvalue weighted by Crippen LogP contribution is -2.22. The molecule has 3 N–H and O–H groups in total. The molecule has 2 aromatic carbocycles. The van der Waals surface area contributed by atoms with Gasteiger partial charge in [-0.15, -0.1) is 0 Å². The Hall–Kier alpha value is -3.08. The highest BCUT2D eigenvalue weighted by Crippen LogP contribution is 2.18. The molecule has 0 saturated carbocycles. The van der Waals surface area contributed by atoms with Crippen LogP contribution in [0.3, 0.4) is 0 Å². The van der Waals surface area contributed by atoms with Gasteiger partial charge < -0.3 is 15.5 Å². The molecule has 3 rings (SSSR count). The van der Waals surface area contributed by atoms with Crippen LogP contribution in [-0.2, 0) is 6.54 Å². The summed E-state index contributed by atoms with van der Waals surface area (Å²) in [4.78, 5) is 8.75. The number of hydrogen-bond donors (Lipinski definition) is 2. The molecule has 5 heteroatoms. The summed E-state index contributed by atoms with van der Waals surface area (Å²) < 4.78 is 5.49. The molecule has 0 spiro atoms. The highest BCUT2D eigenvalue weighted by atomic mass is 16.3. The number of guanidine groups is 1. The van der Waals surface area contributed by atoms with Crippen molar-refractivity contribution in [2.24, 2.45) is 10.7 Å². The molecular weight excluding hydrogens is 300 g/mol. The van der Waals surface area contributed by atoms with Gasteiger partial charge in [-0.25, -0.2) is 9.98 Å². The van der Waals surface area contributed by atoms with Crippen molar-refractivity contribution in [1.29, 1.82) is 0 Å². The fraction of sp³-hybridized carbons (Fsp3) is 0.158. The second-order valence-electron chi connectivity index (χ2n) is 5.71. The Morgan fingerprint density at radius 3 is 2.54 bits per heavy atom. The van der Waals surface area contributed by atoms with Gasteiger partial charge in [0.05, 0.1) is 6.54 Å². The van der Waals surface area contributed by atoms with Gasteiger partial charge in [0.2, 0.25) is 5.89 Å². The Morgan fingerprint density at radius 2 is 1.83 bits per heavy atom. The molecule has 0 fully saturated rings. The van der Waals surface area contributed by atoms with E-state index in [0.717, 1.165) is 16.9 Å². The zero-order valence-corrected chi connectivity index (χ0v) is 13.8.